The maximum absolute atomic E-state index is 5.82. The molecular formula is C28H36N2O. The van der Waals surface area contributed by atoms with Gasteiger partial charge in [0.2, 0.25) is 5.88 Å². The number of hydrogen-bond acceptors (Lipinski definition) is 3. The number of aryl methyl sites for hydroxylation is 2. The Hall–Kier alpha value is -2.68. The standard InChI is InChI=1S/C28H36N2O/c1-3-5-7-8-9-11-24-16-18-26(19-17-24)27-20-30-28(21-29-27)31-22-25-14-12-23(13-15-25)10-6-4-2/h12-21H,3-11,22H2,1-2H3. The molecule has 0 aliphatic rings. The molecule has 0 aliphatic heterocycles. The van der Waals surface area contributed by atoms with Crippen molar-refractivity contribution in [2.24, 2.45) is 0 Å². The molecule has 164 valence electrons. The maximum atomic E-state index is 5.82. The maximum Gasteiger partial charge on any atom is 0.232 e. The molecule has 0 saturated carbocycles. The van der Waals surface area contributed by atoms with Gasteiger partial charge in [-0.3, -0.25) is 0 Å². The van der Waals surface area contributed by atoms with E-state index in [2.05, 4.69) is 72.3 Å². The van der Waals surface area contributed by atoms with Crippen molar-refractivity contribution in [3.05, 3.63) is 77.6 Å². The predicted octanol–water partition coefficient (Wildman–Crippen LogP) is 7.58. The minimum atomic E-state index is 0.509. The van der Waals surface area contributed by atoms with Gasteiger partial charge in [-0.15, -0.1) is 0 Å². The highest BCUT2D eigenvalue weighted by Crippen LogP contribution is 2.20. The van der Waals surface area contributed by atoms with E-state index in [1.165, 1.54) is 56.1 Å². The van der Waals surface area contributed by atoms with Crippen molar-refractivity contribution >= 4 is 0 Å². The van der Waals surface area contributed by atoms with Crippen LogP contribution in [0.2, 0.25) is 0 Å². The summed E-state index contributed by atoms with van der Waals surface area (Å²) >= 11 is 0. The molecule has 31 heavy (non-hydrogen) atoms. The monoisotopic (exact) mass is 416 g/mol. The number of ether oxygens (including phenoxy) is 1. The summed E-state index contributed by atoms with van der Waals surface area (Å²) in [6, 6.07) is 17.4. The zero-order valence-electron chi connectivity index (χ0n) is 19.1. The lowest BCUT2D eigenvalue weighted by molar-refractivity contribution is 0.292. The molecule has 2 aromatic carbocycles. The second-order valence-corrected chi connectivity index (χ2v) is 8.31. The van der Waals surface area contributed by atoms with Crippen LogP contribution in [-0.4, -0.2) is 9.97 Å². The van der Waals surface area contributed by atoms with Gasteiger partial charge in [-0.2, -0.15) is 0 Å². The number of rotatable bonds is 13. The smallest absolute Gasteiger partial charge is 0.232 e. The third-order valence-electron chi connectivity index (χ3n) is 5.68. The zero-order chi connectivity index (χ0) is 21.7. The molecule has 0 fully saturated rings. The van der Waals surface area contributed by atoms with Crippen molar-refractivity contribution in [1.82, 2.24) is 9.97 Å². The first-order valence-corrected chi connectivity index (χ1v) is 11.9. The second-order valence-electron chi connectivity index (χ2n) is 8.31. The summed E-state index contributed by atoms with van der Waals surface area (Å²) in [5.41, 5.74) is 5.90. The summed E-state index contributed by atoms with van der Waals surface area (Å²) in [5, 5.41) is 0. The lowest BCUT2D eigenvalue weighted by Crippen LogP contribution is -1.98. The van der Waals surface area contributed by atoms with Gasteiger partial charge in [0.05, 0.1) is 18.1 Å². The Morgan fingerprint density at radius 2 is 1.23 bits per heavy atom. The zero-order valence-corrected chi connectivity index (χ0v) is 19.1. The van der Waals surface area contributed by atoms with Crippen LogP contribution in [0.1, 0.15) is 75.5 Å². The SMILES string of the molecule is CCCCCCCc1ccc(-c2cnc(OCc3ccc(CCCC)cc3)cn2)cc1. The highest BCUT2D eigenvalue weighted by atomic mass is 16.5. The summed E-state index contributed by atoms with van der Waals surface area (Å²) < 4.78 is 5.82. The summed E-state index contributed by atoms with van der Waals surface area (Å²) in [6.07, 6.45) is 14.9. The molecule has 0 N–H and O–H groups in total. The van der Waals surface area contributed by atoms with E-state index in [0.29, 0.717) is 12.5 Å². The quantitative estimate of drug-likeness (QED) is 0.269. The van der Waals surface area contributed by atoms with Gasteiger partial charge < -0.3 is 4.74 Å². The van der Waals surface area contributed by atoms with Crippen molar-refractivity contribution in [3.63, 3.8) is 0 Å². The Balaban J connectivity index is 1.47. The highest BCUT2D eigenvalue weighted by molar-refractivity contribution is 5.58. The molecular weight excluding hydrogens is 380 g/mol. The Bertz CT molecular complexity index is 870. The molecule has 3 nitrogen and oxygen atoms in total. The van der Waals surface area contributed by atoms with Crippen molar-refractivity contribution < 1.29 is 4.74 Å². The molecule has 0 atom stereocenters. The highest BCUT2D eigenvalue weighted by Gasteiger charge is 2.04. The normalized spacial score (nSPS) is 10.9. The Kier molecular flexibility index (Phi) is 9.56. The van der Waals surface area contributed by atoms with Gasteiger partial charge >= 0.3 is 0 Å². The second kappa shape index (κ2) is 12.9. The molecule has 0 bridgehead atoms. The fraction of sp³-hybridized carbons (Fsp3) is 0.429. The topological polar surface area (TPSA) is 35.0 Å². The number of nitrogens with zero attached hydrogens (tertiary/aromatic N) is 2. The van der Waals surface area contributed by atoms with E-state index in [-0.39, 0.29) is 0 Å². The van der Waals surface area contributed by atoms with Crippen LogP contribution in [0.5, 0.6) is 5.88 Å². The molecule has 3 rings (SSSR count). The fourth-order valence-electron chi connectivity index (χ4n) is 3.65. The molecule has 0 aliphatic carbocycles. The van der Waals surface area contributed by atoms with Crippen LogP contribution in [0, 0.1) is 0 Å². The van der Waals surface area contributed by atoms with Crippen molar-refractivity contribution in [2.75, 3.05) is 0 Å². The van der Waals surface area contributed by atoms with Crippen LogP contribution in [-0.2, 0) is 19.4 Å². The minimum Gasteiger partial charge on any atom is -0.472 e. The van der Waals surface area contributed by atoms with E-state index in [0.717, 1.165) is 29.7 Å². The van der Waals surface area contributed by atoms with E-state index in [1.807, 2.05) is 0 Å². The number of hydrogen-bond donors (Lipinski definition) is 0. The van der Waals surface area contributed by atoms with Crippen LogP contribution < -0.4 is 4.74 Å². The number of benzene rings is 2. The van der Waals surface area contributed by atoms with Crippen LogP contribution >= 0.6 is 0 Å². The van der Waals surface area contributed by atoms with Gasteiger partial charge in [0, 0.05) is 5.56 Å². The molecule has 0 saturated heterocycles. The third-order valence-corrected chi connectivity index (χ3v) is 5.68. The largest absolute Gasteiger partial charge is 0.472 e. The minimum absolute atomic E-state index is 0.509. The first kappa shape index (κ1) is 23.0. The van der Waals surface area contributed by atoms with Crippen molar-refractivity contribution in [2.45, 2.75) is 78.2 Å². The van der Waals surface area contributed by atoms with Crippen LogP contribution in [0.15, 0.2) is 60.9 Å². The predicted molar refractivity (Wildman–Crippen MR) is 129 cm³/mol. The Labute approximate surface area is 187 Å². The molecule has 3 heteroatoms. The van der Waals surface area contributed by atoms with Gasteiger partial charge in [0.1, 0.15) is 6.61 Å². The van der Waals surface area contributed by atoms with Crippen LogP contribution in [0.25, 0.3) is 11.3 Å². The van der Waals surface area contributed by atoms with Crippen molar-refractivity contribution in [1.29, 1.82) is 0 Å². The van der Waals surface area contributed by atoms with Gasteiger partial charge in [-0.25, -0.2) is 9.97 Å². The van der Waals surface area contributed by atoms with E-state index < -0.39 is 0 Å². The van der Waals surface area contributed by atoms with E-state index >= 15 is 0 Å². The summed E-state index contributed by atoms with van der Waals surface area (Å²) in [7, 11) is 0. The Morgan fingerprint density at radius 1 is 0.613 bits per heavy atom. The van der Waals surface area contributed by atoms with Crippen molar-refractivity contribution in [3.8, 4) is 17.1 Å². The third kappa shape index (κ3) is 7.82. The fourth-order valence-corrected chi connectivity index (χ4v) is 3.65. The van der Waals surface area contributed by atoms with Gasteiger partial charge in [-0.05, 0) is 42.4 Å². The summed E-state index contributed by atoms with van der Waals surface area (Å²) in [6.45, 7) is 4.99. The van der Waals surface area contributed by atoms with E-state index in [1.54, 1.807) is 12.4 Å². The lowest BCUT2D eigenvalue weighted by atomic mass is 10.0. The van der Waals surface area contributed by atoms with Gasteiger partial charge in [0.15, 0.2) is 0 Å². The molecule has 1 aromatic heterocycles. The molecule has 0 unspecified atom stereocenters. The van der Waals surface area contributed by atoms with Crippen LogP contribution in [0.4, 0.5) is 0 Å². The van der Waals surface area contributed by atoms with Crippen LogP contribution in [0.3, 0.4) is 0 Å². The molecule has 3 aromatic rings. The van der Waals surface area contributed by atoms with Gasteiger partial charge in [-0.1, -0.05) is 94.5 Å². The van der Waals surface area contributed by atoms with E-state index in [4.69, 9.17) is 4.74 Å². The lowest BCUT2D eigenvalue weighted by Gasteiger charge is -2.08. The number of unbranched alkanes of at least 4 members (excludes halogenated alkanes) is 5. The van der Waals surface area contributed by atoms with E-state index in [9.17, 15) is 0 Å². The Morgan fingerprint density at radius 3 is 1.87 bits per heavy atom. The first-order valence-electron chi connectivity index (χ1n) is 11.9. The summed E-state index contributed by atoms with van der Waals surface area (Å²) in [4.78, 5) is 8.99. The summed E-state index contributed by atoms with van der Waals surface area (Å²) in [5.74, 6) is 0.558. The number of aromatic nitrogens is 2. The van der Waals surface area contributed by atoms with Gasteiger partial charge in [0.25, 0.3) is 0 Å². The first-order chi connectivity index (χ1) is 15.3. The average Bonchev–Trinajstić information content (AvgIpc) is 2.83. The molecule has 0 amide bonds. The molecule has 0 radical (unpaired) electrons. The average molecular weight is 417 g/mol. The molecule has 0 spiro atoms. The molecule has 1 heterocycles.